The maximum absolute atomic E-state index is 10.9. The third-order valence-electron chi connectivity index (χ3n) is 1.92. The van der Waals surface area contributed by atoms with Gasteiger partial charge in [-0.2, -0.15) is 0 Å². The summed E-state index contributed by atoms with van der Waals surface area (Å²) in [5.41, 5.74) is 1.70. The van der Waals surface area contributed by atoms with Crippen molar-refractivity contribution < 1.29 is 4.79 Å². The summed E-state index contributed by atoms with van der Waals surface area (Å²) in [6, 6.07) is 7.53. The quantitative estimate of drug-likeness (QED) is 0.595. The van der Waals surface area contributed by atoms with Gasteiger partial charge in [-0.05, 0) is 25.2 Å². The van der Waals surface area contributed by atoms with Crippen molar-refractivity contribution in [2.75, 3.05) is 18.9 Å². The highest BCUT2D eigenvalue weighted by Gasteiger charge is 1.95. The minimum atomic E-state index is -0.0692. The average Bonchev–Trinajstić information content (AvgIpc) is 2.24. The SMILES string of the molecule is CNCCC#Cc1cccc(NC(C)=O)c1. The van der Waals surface area contributed by atoms with Crippen LogP contribution in [0.25, 0.3) is 0 Å². The summed E-state index contributed by atoms with van der Waals surface area (Å²) < 4.78 is 0. The van der Waals surface area contributed by atoms with Crippen LogP contribution in [0, 0.1) is 11.8 Å². The van der Waals surface area contributed by atoms with Gasteiger partial charge in [0, 0.05) is 31.1 Å². The Morgan fingerprint density at radius 3 is 2.94 bits per heavy atom. The third-order valence-corrected chi connectivity index (χ3v) is 1.92. The van der Waals surface area contributed by atoms with Crippen molar-refractivity contribution in [2.24, 2.45) is 0 Å². The summed E-state index contributed by atoms with van der Waals surface area (Å²) in [5.74, 6) is 6.04. The molecule has 0 aliphatic rings. The smallest absolute Gasteiger partial charge is 0.221 e. The minimum Gasteiger partial charge on any atom is -0.326 e. The Labute approximate surface area is 96.2 Å². The average molecular weight is 216 g/mol. The fourth-order valence-electron chi connectivity index (χ4n) is 1.23. The molecule has 2 N–H and O–H groups in total. The highest BCUT2D eigenvalue weighted by Crippen LogP contribution is 2.09. The summed E-state index contributed by atoms with van der Waals surface area (Å²) >= 11 is 0. The van der Waals surface area contributed by atoms with E-state index in [1.807, 2.05) is 31.3 Å². The van der Waals surface area contributed by atoms with Crippen LogP contribution in [0.3, 0.4) is 0 Å². The lowest BCUT2D eigenvalue weighted by Gasteiger charge is -2.01. The molecule has 0 aromatic heterocycles. The van der Waals surface area contributed by atoms with Crippen molar-refractivity contribution >= 4 is 11.6 Å². The first kappa shape index (κ1) is 12.3. The minimum absolute atomic E-state index is 0.0692. The highest BCUT2D eigenvalue weighted by atomic mass is 16.1. The Morgan fingerprint density at radius 2 is 2.25 bits per heavy atom. The van der Waals surface area contributed by atoms with E-state index >= 15 is 0 Å². The van der Waals surface area contributed by atoms with Gasteiger partial charge in [0.05, 0.1) is 0 Å². The summed E-state index contributed by atoms with van der Waals surface area (Å²) in [5, 5.41) is 5.76. The maximum atomic E-state index is 10.9. The van der Waals surface area contributed by atoms with Crippen LogP contribution in [0.15, 0.2) is 24.3 Å². The number of carbonyl (C=O) groups is 1. The molecule has 0 spiro atoms. The molecule has 0 bridgehead atoms. The van der Waals surface area contributed by atoms with Gasteiger partial charge >= 0.3 is 0 Å². The molecule has 0 heterocycles. The fourth-order valence-corrected chi connectivity index (χ4v) is 1.23. The Kier molecular flexibility index (Phi) is 5.10. The summed E-state index contributed by atoms with van der Waals surface area (Å²) in [6.45, 7) is 2.38. The normalized spacial score (nSPS) is 9.12. The topological polar surface area (TPSA) is 41.1 Å². The molecule has 0 saturated heterocycles. The first-order valence-electron chi connectivity index (χ1n) is 5.23. The number of anilines is 1. The second-order valence-electron chi connectivity index (χ2n) is 3.42. The summed E-state index contributed by atoms with van der Waals surface area (Å²) in [6.07, 6.45) is 0.820. The second kappa shape index (κ2) is 6.65. The van der Waals surface area contributed by atoms with Crippen LogP contribution in [0.4, 0.5) is 5.69 Å². The molecule has 84 valence electrons. The number of hydrogen-bond acceptors (Lipinski definition) is 2. The molecule has 0 aliphatic heterocycles. The zero-order valence-electron chi connectivity index (χ0n) is 9.63. The molecule has 1 amide bonds. The number of nitrogens with one attached hydrogen (secondary N) is 2. The van der Waals surface area contributed by atoms with Crippen LogP contribution < -0.4 is 10.6 Å². The van der Waals surface area contributed by atoms with Gasteiger partial charge in [0.2, 0.25) is 5.91 Å². The molecule has 0 aliphatic carbocycles. The van der Waals surface area contributed by atoms with Gasteiger partial charge in [-0.25, -0.2) is 0 Å². The predicted octanol–water partition coefficient (Wildman–Crippen LogP) is 1.61. The lowest BCUT2D eigenvalue weighted by Crippen LogP contribution is -2.06. The van der Waals surface area contributed by atoms with Crippen LogP contribution in [-0.2, 0) is 4.79 Å². The molecule has 0 fully saturated rings. The van der Waals surface area contributed by atoms with E-state index in [2.05, 4.69) is 22.5 Å². The van der Waals surface area contributed by atoms with E-state index in [0.717, 1.165) is 24.2 Å². The first-order chi connectivity index (χ1) is 7.72. The molecule has 0 unspecified atom stereocenters. The molecule has 0 saturated carbocycles. The molecule has 1 aromatic carbocycles. The molecule has 1 aromatic rings. The van der Waals surface area contributed by atoms with Crippen molar-refractivity contribution in [3.05, 3.63) is 29.8 Å². The molecule has 3 heteroatoms. The largest absolute Gasteiger partial charge is 0.326 e. The number of benzene rings is 1. The van der Waals surface area contributed by atoms with Crippen molar-refractivity contribution in [2.45, 2.75) is 13.3 Å². The van der Waals surface area contributed by atoms with Crippen LogP contribution in [0.5, 0.6) is 0 Å². The van der Waals surface area contributed by atoms with E-state index in [-0.39, 0.29) is 5.91 Å². The number of carbonyl (C=O) groups excluding carboxylic acids is 1. The van der Waals surface area contributed by atoms with Crippen molar-refractivity contribution in [1.29, 1.82) is 0 Å². The monoisotopic (exact) mass is 216 g/mol. The zero-order chi connectivity index (χ0) is 11.8. The van der Waals surface area contributed by atoms with Gasteiger partial charge in [0.25, 0.3) is 0 Å². The Hall–Kier alpha value is -1.79. The van der Waals surface area contributed by atoms with E-state index in [1.54, 1.807) is 0 Å². The second-order valence-corrected chi connectivity index (χ2v) is 3.42. The van der Waals surface area contributed by atoms with Gasteiger partial charge in [-0.1, -0.05) is 17.9 Å². The number of amides is 1. The Morgan fingerprint density at radius 1 is 1.44 bits per heavy atom. The van der Waals surface area contributed by atoms with Gasteiger partial charge in [-0.15, -0.1) is 0 Å². The molecule has 1 rings (SSSR count). The van der Waals surface area contributed by atoms with Gasteiger partial charge in [-0.3, -0.25) is 4.79 Å². The third kappa shape index (κ3) is 4.63. The molecular formula is C13H16N2O. The van der Waals surface area contributed by atoms with E-state index in [0.29, 0.717) is 0 Å². The van der Waals surface area contributed by atoms with E-state index in [1.165, 1.54) is 6.92 Å². The lowest BCUT2D eigenvalue weighted by molar-refractivity contribution is -0.114. The molecular weight excluding hydrogens is 200 g/mol. The van der Waals surface area contributed by atoms with Gasteiger partial charge in [0.1, 0.15) is 0 Å². The van der Waals surface area contributed by atoms with Crippen LogP contribution in [0.2, 0.25) is 0 Å². The zero-order valence-corrected chi connectivity index (χ0v) is 9.63. The predicted molar refractivity (Wildman–Crippen MR) is 66.2 cm³/mol. The first-order valence-corrected chi connectivity index (χ1v) is 5.23. The lowest BCUT2D eigenvalue weighted by atomic mass is 10.2. The molecule has 0 radical (unpaired) electrons. The van der Waals surface area contributed by atoms with Gasteiger partial charge in [0.15, 0.2) is 0 Å². The van der Waals surface area contributed by atoms with E-state index in [9.17, 15) is 4.79 Å². The summed E-state index contributed by atoms with van der Waals surface area (Å²) in [7, 11) is 1.90. The Balaban J connectivity index is 2.65. The van der Waals surface area contributed by atoms with Gasteiger partial charge < -0.3 is 10.6 Å². The standard InChI is InChI=1S/C13H16N2O/c1-11(16)15-13-8-5-7-12(10-13)6-3-4-9-14-2/h5,7-8,10,14H,4,9H2,1-2H3,(H,15,16). The number of hydrogen-bond donors (Lipinski definition) is 2. The van der Waals surface area contributed by atoms with Crippen LogP contribution in [-0.4, -0.2) is 19.5 Å². The maximum Gasteiger partial charge on any atom is 0.221 e. The van der Waals surface area contributed by atoms with Crippen LogP contribution >= 0.6 is 0 Å². The number of rotatable bonds is 3. The van der Waals surface area contributed by atoms with E-state index < -0.39 is 0 Å². The Bertz CT molecular complexity index is 415. The molecule has 0 atom stereocenters. The fraction of sp³-hybridized carbons (Fsp3) is 0.308. The van der Waals surface area contributed by atoms with Crippen LogP contribution in [0.1, 0.15) is 18.9 Å². The van der Waals surface area contributed by atoms with Crippen molar-refractivity contribution in [3.8, 4) is 11.8 Å². The van der Waals surface area contributed by atoms with E-state index in [4.69, 9.17) is 0 Å². The summed E-state index contributed by atoms with van der Waals surface area (Å²) in [4.78, 5) is 10.9. The van der Waals surface area contributed by atoms with Crippen molar-refractivity contribution in [3.63, 3.8) is 0 Å². The molecule has 16 heavy (non-hydrogen) atoms. The highest BCUT2D eigenvalue weighted by molar-refractivity contribution is 5.88. The molecule has 3 nitrogen and oxygen atoms in total. The van der Waals surface area contributed by atoms with Crippen molar-refractivity contribution in [1.82, 2.24) is 5.32 Å².